The Bertz CT molecular complexity index is 235. The van der Waals surface area contributed by atoms with E-state index in [2.05, 4.69) is 4.98 Å². The molecule has 1 heterocycles. The second kappa shape index (κ2) is 2.96. The molecule has 0 aliphatic rings. The van der Waals surface area contributed by atoms with Gasteiger partial charge < -0.3 is 10.5 Å². The number of nitrogens with two attached hydrogens (primary N) is 1. The molecule has 1 rings (SSSR count). The number of hydrogen-bond acceptors (Lipinski definition) is 3. The maximum atomic E-state index is 10.0. The van der Waals surface area contributed by atoms with Crippen LogP contribution in [-0.4, -0.2) is 11.3 Å². The lowest BCUT2D eigenvalue weighted by Crippen LogP contribution is -1.92. The van der Waals surface area contributed by atoms with Crippen molar-refractivity contribution in [3.8, 4) is 0 Å². The lowest BCUT2D eigenvalue weighted by atomic mass is 10.3. The van der Waals surface area contributed by atoms with Gasteiger partial charge in [-0.2, -0.15) is 0 Å². The highest BCUT2D eigenvalue weighted by molar-refractivity contribution is 5.54. The van der Waals surface area contributed by atoms with E-state index >= 15 is 0 Å². The van der Waals surface area contributed by atoms with Crippen LogP contribution >= 0.6 is 0 Å². The van der Waals surface area contributed by atoms with Crippen molar-refractivity contribution in [1.29, 1.82) is 0 Å². The maximum Gasteiger partial charge on any atom is 0.125 e. The molecule has 0 saturated carbocycles. The van der Waals surface area contributed by atoms with Crippen molar-refractivity contribution in [2.75, 3.05) is 5.73 Å². The van der Waals surface area contributed by atoms with Gasteiger partial charge in [0.05, 0.1) is 0 Å². The summed E-state index contributed by atoms with van der Waals surface area (Å²) in [5.74, 6) is 0. The Morgan fingerprint density at radius 2 is 2.50 bits per heavy atom. The molecule has 10 heavy (non-hydrogen) atoms. The Hall–Kier alpha value is -1.38. The molecule has 52 valence electrons. The van der Waals surface area contributed by atoms with Crippen LogP contribution in [0, 0.1) is 0 Å². The van der Waals surface area contributed by atoms with Crippen molar-refractivity contribution in [2.24, 2.45) is 0 Å². The fourth-order valence-electron chi connectivity index (χ4n) is 0.694. The first-order valence-corrected chi connectivity index (χ1v) is 2.97. The zero-order chi connectivity index (χ0) is 7.40. The molecule has 1 aromatic heterocycles. The molecular formula is C7H8N2O. The van der Waals surface area contributed by atoms with Crippen LogP contribution in [0.2, 0.25) is 0 Å². The van der Waals surface area contributed by atoms with E-state index in [-0.39, 0.29) is 0 Å². The summed E-state index contributed by atoms with van der Waals surface area (Å²) in [6, 6.07) is 3.38. The minimum atomic E-state index is 0.338. The molecule has 0 saturated heterocycles. The second-order valence-electron chi connectivity index (χ2n) is 1.95. The molecule has 0 atom stereocenters. The van der Waals surface area contributed by atoms with E-state index in [0.717, 1.165) is 12.0 Å². The van der Waals surface area contributed by atoms with Gasteiger partial charge in [-0.25, -0.2) is 0 Å². The van der Waals surface area contributed by atoms with Crippen LogP contribution in [0.3, 0.4) is 0 Å². The van der Waals surface area contributed by atoms with Gasteiger partial charge in [0.15, 0.2) is 0 Å². The largest absolute Gasteiger partial charge is 0.399 e. The maximum absolute atomic E-state index is 10.0. The number of nitrogen functional groups attached to an aromatic ring is 1. The summed E-state index contributed by atoms with van der Waals surface area (Å²) in [7, 11) is 0. The summed E-state index contributed by atoms with van der Waals surface area (Å²) in [6.45, 7) is 0. The Balaban J connectivity index is 2.84. The number of hydrogen-bond donors (Lipinski definition) is 1. The third-order valence-electron chi connectivity index (χ3n) is 1.13. The number of carbonyl (C=O) groups excluding carboxylic acids is 1. The summed E-state index contributed by atoms with van der Waals surface area (Å²) in [4.78, 5) is 13.9. The van der Waals surface area contributed by atoms with Crippen molar-refractivity contribution in [3.05, 3.63) is 24.0 Å². The van der Waals surface area contributed by atoms with Crippen LogP contribution in [-0.2, 0) is 11.2 Å². The minimum absolute atomic E-state index is 0.338. The lowest BCUT2D eigenvalue weighted by molar-refractivity contribution is -0.107. The van der Waals surface area contributed by atoms with Crippen molar-refractivity contribution in [2.45, 2.75) is 6.42 Å². The van der Waals surface area contributed by atoms with Crippen LogP contribution in [0.4, 0.5) is 5.69 Å². The molecule has 0 radical (unpaired) electrons. The molecule has 0 amide bonds. The quantitative estimate of drug-likeness (QED) is 0.599. The van der Waals surface area contributed by atoms with Gasteiger partial charge in [0, 0.05) is 24.0 Å². The second-order valence-corrected chi connectivity index (χ2v) is 1.95. The number of pyridine rings is 1. The Morgan fingerprint density at radius 3 is 3.10 bits per heavy atom. The van der Waals surface area contributed by atoms with Gasteiger partial charge in [-0.3, -0.25) is 4.98 Å². The van der Waals surface area contributed by atoms with Gasteiger partial charge in [0.25, 0.3) is 0 Å². The molecule has 0 unspecified atom stereocenters. The van der Waals surface area contributed by atoms with Crippen molar-refractivity contribution in [3.63, 3.8) is 0 Å². The summed E-state index contributed by atoms with van der Waals surface area (Å²) < 4.78 is 0. The Morgan fingerprint density at radius 1 is 1.70 bits per heavy atom. The molecule has 1 aromatic rings. The van der Waals surface area contributed by atoms with E-state index in [0.29, 0.717) is 12.1 Å². The molecule has 0 spiro atoms. The number of anilines is 1. The fourth-order valence-corrected chi connectivity index (χ4v) is 0.694. The molecule has 0 aliphatic heterocycles. The van der Waals surface area contributed by atoms with E-state index in [1.807, 2.05) is 0 Å². The fraction of sp³-hybridized carbons (Fsp3) is 0.143. The SMILES string of the molecule is Nc1ccnc(CC=O)c1. The summed E-state index contributed by atoms with van der Waals surface area (Å²) in [6.07, 6.45) is 2.74. The molecule has 3 heteroatoms. The van der Waals surface area contributed by atoms with Crippen molar-refractivity contribution >= 4 is 12.0 Å². The van der Waals surface area contributed by atoms with Gasteiger partial charge in [0.2, 0.25) is 0 Å². The summed E-state index contributed by atoms with van der Waals surface area (Å²) in [5.41, 5.74) is 6.80. The predicted molar refractivity (Wildman–Crippen MR) is 38.4 cm³/mol. The average Bonchev–Trinajstić information content (AvgIpc) is 1.88. The normalized spacial score (nSPS) is 9.20. The zero-order valence-corrected chi connectivity index (χ0v) is 5.45. The molecule has 0 bridgehead atoms. The average molecular weight is 136 g/mol. The van der Waals surface area contributed by atoms with Gasteiger partial charge in [0.1, 0.15) is 6.29 Å². The van der Waals surface area contributed by atoms with Crippen molar-refractivity contribution in [1.82, 2.24) is 4.98 Å². The first kappa shape index (κ1) is 6.74. The third kappa shape index (κ3) is 1.55. The number of nitrogens with zero attached hydrogens (tertiary/aromatic N) is 1. The van der Waals surface area contributed by atoms with Gasteiger partial charge in [-0.05, 0) is 12.1 Å². The van der Waals surface area contributed by atoms with E-state index < -0.39 is 0 Å². The minimum Gasteiger partial charge on any atom is -0.399 e. The molecular weight excluding hydrogens is 128 g/mol. The van der Waals surface area contributed by atoms with E-state index in [1.54, 1.807) is 18.3 Å². The van der Waals surface area contributed by atoms with Crippen LogP contribution < -0.4 is 5.73 Å². The highest BCUT2D eigenvalue weighted by Gasteiger charge is 1.91. The number of rotatable bonds is 2. The van der Waals surface area contributed by atoms with E-state index in [9.17, 15) is 4.79 Å². The third-order valence-corrected chi connectivity index (χ3v) is 1.13. The van der Waals surface area contributed by atoms with Gasteiger partial charge in [-0.15, -0.1) is 0 Å². The zero-order valence-electron chi connectivity index (χ0n) is 5.45. The standard InChI is InChI=1S/C7H8N2O/c8-6-1-3-9-7(5-6)2-4-10/h1,3-5H,2H2,(H2,8,9). The van der Waals surface area contributed by atoms with Crippen molar-refractivity contribution < 1.29 is 4.79 Å². The topological polar surface area (TPSA) is 56.0 Å². The summed E-state index contributed by atoms with van der Waals surface area (Å²) in [5, 5.41) is 0. The molecule has 0 aliphatic carbocycles. The lowest BCUT2D eigenvalue weighted by Gasteiger charge is -1.94. The molecule has 2 N–H and O–H groups in total. The van der Waals surface area contributed by atoms with Crippen LogP contribution in [0.1, 0.15) is 5.69 Å². The smallest absolute Gasteiger partial charge is 0.125 e. The van der Waals surface area contributed by atoms with Gasteiger partial charge in [-0.1, -0.05) is 0 Å². The first-order valence-electron chi connectivity index (χ1n) is 2.97. The number of aldehydes is 1. The molecule has 0 aromatic carbocycles. The van der Waals surface area contributed by atoms with Crippen LogP contribution in [0.15, 0.2) is 18.3 Å². The highest BCUT2D eigenvalue weighted by atomic mass is 16.1. The molecule has 3 nitrogen and oxygen atoms in total. The first-order chi connectivity index (χ1) is 4.83. The van der Waals surface area contributed by atoms with Gasteiger partial charge >= 0.3 is 0 Å². The number of aromatic nitrogens is 1. The van der Waals surface area contributed by atoms with Crippen LogP contribution in [0.5, 0.6) is 0 Å². The monoisotopic (exact) mass is 136 g/mol. The highest BCUT2D eigenvalue weighted by Crippen LogP contribution is 2.01. The Kier molecular flexibility index (Phi) is 1.99. The van der Waals surface area contributed by atoms with E-state index in [1.165, 1.54) is 0 Å². The Labute approximate surface area is 58.9 Å². The number of carbonyl (C=O) groups is 1. The summed E-state index contributed by atoms with van der Waals surface area (Å²) >= 11 is 0. The van der Waals surface area contributed by atoms with Crippen LogP contribution in [0.25, 0.3) is 0 Å². The predicted octanol–water partition coefficient (Wildman–Crippen LogP) is 0.405. The molecule has 0 fully saturated rings. The van der Waals surface area contributed by atoms with E-state index in [4.69, 9.17) is 5.73 Å².